The lowest BCUT2D eigenvalue weighted by Crippen LogP contribution is -2.26. The minimum Gasteiger partial charge on any atom is -0.486 e. The smallest absolute Gasteiger partial charge is 0.263 e. The number of rotatable bonds is 7. The van der Waals surface area contributed by atoms with Crippen LogP contribution in [0.4, 0.5) is 0 Å². The molecule has 2 aromatic rings. The number of hydrogen-bond donors (Lipinski definition) is 1. The third-order valence-corrected chi connectivity index (χ3v) is 4.20. The molecule has 0 aliphatic carbocycles. The summed E-state index contributed by atoms with van der Waals surface area (Å²) in [6, 6.07) is 7.11. The van der Waals surface area contributed by atoms with Gasteiger partial charge in [0.05, 0.1) is 12.3 Å². The van der Waals surface area contributed by atoms with Gasteiger partial charge in [0.2, 0.25) is 0 Å². The Labute approximate surface area is 138 Å². The van der Waals surface area contributed by atoms with Crippen LogP contribution >= 0.6 is 22.9 Å². The molecule has 0 spiro atoms. The summed E-state index contributed by atoms with van der Waals surface area (Å²) in [5.41, 5.74) is 0.703. The van der Waals surface area contributed by atoms with E-state index >= 15 is 0 Å². The summed E-state index contributed by atoms with van der Waals surface area (Å²) in [6.07, 6.45) is 0. The van der Waals surface area contributed by atoms with E-state index in [4.69, 9.17) is 21.1 Å². The van der Waals surface area contributed by atoms with Crippen LogP contribution in [0.1, 0.15) is 20.4 Å². The summed E-state index contributed by atoms with van der Waals surface area (Å²) < 4.78 is 10.5. The van der Waals surface area contributed by atoms with Crippen LogP contribution in [0, 0.1) is 6.92 Å². The Morgan fingerprint density at radius 1 is 1.36 bits per heavy atom. The summed E-state index contributed by atoms with van der Waals surface area (Å²) in [4.78, 5) is 17.0. The van der Waals surface area contributed by atoms with Gasteiger partial charge in [-0.05, 0) is 31.2 Å². The molecule has 5 nitrogen and oxygen atoms in total. The molecule has 1 aromatic carbocycles. The lowest BCUT2D eigenvalue weighted by Gasteiger charge is -2.03. The van der Waals surface area contributed by atoms with Crippen molar-refractivity contribution in [1.82, 2.24) is 10.3 Å². The SMILES string of the molecule is COCCNC(=O)c1sc(COc2ccc(Cl)cc2)nc1C. The largest absolute Gasteiger partial charge is 0.486 e. The van der Waals surface area contributed by atoms with Gasteiger partial charge < -0.3 is 14.8 Å². The molecule has 22 heavy (non-hydrogen) atoms. The minimum atomic E-state index is -0.134. The molecular formula is C15H17ClN2O3S. The maximum absolute atomic E-state index is 12.0. The Balaban J connectivity index is 1.94. The van der Waals surface area contributed by atoms with Crippen LogP contribution in [0.15, 0.2) is 24.3 Å². The number of ether oxygens (including phenoxy) is 2. The van der Waals surface area contributed by atoms with Crippen molar-refractivity contribution >= 4 is 28.8 Å². The molecule has 1 heterocycles. The van der Waals surface area contributed by atoms with Crippen molar-refractivity contribution in [2.24, 2.45) is 0 Å². The predicted octanol–water partition coefficient (Wildman–Crippen LogP) is 3.06. The number of nitrogens with one attached hydrogen (secondary N) is 1. The number of amides is 1. The third kappa shape index (κ3) is 4.69. The van der Waals surface area contributed by atoms with E-state index in [0.717, 1.165) is 5.01 Å². The van der Waals surface area contributed by atoms with Crippen molar-refractivity contribution < 1.29 is 14.3 Å². The topological polar surface area (TPSA) is 60.5 Å². The van der Waals surface area contributed by atoms with E-state index in [0.29, 0.717) is 41.1 Å². The van der Waals surface area contributed by atoms with Gasteiger partial charge in [-0.15, -0.1) is 11.3 Å². The highest BCUT2D eigenvalue weighted by Gasteiger charge is 2.15. The summed E-state index contributed by atoms with van der Waals surface area (Å²) in [7, 11) is 1.59. The van der Waals surface area contributed by atoms with Gasteiger partial charge in [-0.3, -0.25) is 4.79 Å². The summed E-state index contributed by atoms with van der Waals surface area (Å²) in [5, 5.41) is 4.20. The van der Waals surface area contributed by atoms with Gasteiger partial charge in [-0.25, -0.2) is 4.98 Å². The molecule has 0 aliphatic heterocycles. The first-order valence-electron chi connectivity index (χ1n) is 6.72. The van der Waals surface area contributed by atoms with E-state index in [2.05, 4.69) is 10.3 Å². The summed E-state index contributed by atoms with van der Waals surface area (Å²) in [6.45, 7) is 3.09. The molecule has 0 fully saturated rings. The molecule has 0 atom stereocenters. The first-order valence-corrected chi connectivity index (χ1v) is 7.91. The molecule has 0 saturated carbocycles. The Hall–Kier alpha value is -1.63. The number of carbonyl (C=O) groups excluding carboxylic acids is 1. The number of halogens is 1. The third-order valence-electron chi connectivity index (χ3n) is 2.81. The summed E-state index contributed by atoms with van der Waals surface area (Å²) in [5.74, 6) is 0.577. The zero-order chi connectivity index (χ0) is 15.9. The van der Waals surface area contributed by atoms with Crippen LogP contribution in [-0.2, 0) is 11.3 Å². The van der Waals surface area contributed by atoms with E-state index in [1.165, 1.54) is 11.3 Å². The maximum atomic E-state index is 12.0. The van der Waals surface area contributed by atoms with Gasteiger partial charge in [0.15, 0.2) is 0 Å². The molecule has 1 aromatic heterocycles. The molecule has 118 valence electrons. The second-order valence-electron chi connectivity index (χ2n) is 4.51. The minimum absolute atomic E-state index is 0.134. The highest BCUT2D eigenvalue weighted by atomic mass is 35.5. The molecule has 2 rings (SSSR count). The van der Waals surface area contributed by atoms with Crippen molar-refractivity contribution in [3.8, 4) is 5.75 Å². The lowest BCUT2D eigenvalue weighted by molar-refractivity contribution is 0.0940. The fraction of sp³-hybridized carbons (Fsp3) is 0.333. The zero-order valence-corrected chi connectivity index (χ0v) is 14.0. The Bertz CT molecular complexity index is 628. The second-order valence-corrected chi connectivity index (χ2v) is 6.03. The highest BCUT2D eigenvalue weighted by molar-refractivity contribution is 7.13. The highest BCUT2D eigenvalue weighted by Crippen LogP contribution is 2.21. The first-order chi connectivity index (χ1) is 10.6. The van der Waals surface area contributed by atoms with Crippen LogP contribution in [0.25, 0.3) is 0 Å². The van der Waals surface area contributed by atoms with Gasteiger partial charge in [-0.1, -0.05) is 11.6 Å². The average molecular weight is 341 g/mol. The lowest BCUT2D eigenvalue weighted by atomic mass is 10.3. The van der Waals surface area contributed by atoms with Gasteiger partial charge in [0.25, 0.3) is 5.91 Å². The average Bonchev–Trinajstić information content (AvgIpc) is 2.88. The normalized spacial score (nSPS) is 10.5. The molecule has 1 N–H and O–H groups in total. The van der Waals surface area contributed by atoms with Crippen molar-refractivity contribution in [3.05, 3.63) is 44.9 Å². The first kappa shape index (κ1) is 16.7. The van der Waals surface area contributed by atoms with Gasteiger partial charge in [0, 0.05) is 18.7 Å². The van der Waals surface area contributed by atoms with Gasteiger partial charge >= 0.3 is 0 Å². The van der Waals surface area contributed by atoms with E-state index in [-0.39, 0.29) is 5.91 Å². The van der Waals surface area contributed by atoms with Crippen LogP contribution in [0.5, 0.6) is 5.75 Å². The molecule has 0 saturated heterocycles. The van der Waals surface area contributed by atoms with Gasteiger partial charge in [0.1, 0.15) is 22.2 Å². The van der Waals surface area contributed by atoms with Crippen molar-refractivity contribution in [1.29, 1.82) is 0 Å². The summed E-state index contributed by atoms with van der Waals surface area (Å²) >= 11 is 7.15. The van der Waals surface area contributed by atoms with Crippen molar-refractivity contribution in [3.63, 3.8) is 0 Å². The van der Waals surface area contributed by atoms with Crippen LogP contribution in [-0.4, -0.2) is 31.2 Å². The number of hydrogen-bond acceptors (Lipinski definition) is 5. The molecule has 0 bridgehead atoms. The van der Waals surface area contributed by atoms with Crippen molar-refractivity contribution in [2.75, 3.05) is 20.3 Å². The number of thiazole rings is 1. The number of carbonyl (C=O) groups is 1. The molecule has 0 unspecified atom stereocenters. The number of aryl methyl sites for hydroxylation is 1. The fourth-order valence-electron chi connectivity index (χ4n) is 1.75. The van der Waals surface area contributed by atoms with Crippen molar-refractivity contribution in [2.45, 2.75) is 13.5 Å². The predicted molar refractivity (Wildman–Crippen MR) is 86.8 cm³/mol. The second kappa shape index (κ2) is 8.12. The molecular weight excluding hydrogens is 324 g/mol. The van der Waals surface area contributed by atoms with Crippen LogP contribution in [0.3, 0.4) is 0 Å². The van der Waals surface area contributed by atoms with E-state index < -0.39 is 0 Å². The maximum Gasteiger partial charge on any atom is 0.263 e. The van der Waals surface area contributed by atoms with Crippen LogP contribution < -0.4 is 10.1 Å². The number of nitrogens with zero attached hydrogens (tertiary/aromatic N) is 1. The zero-order valence-electron chi connectivity index (χ0n) is 12.4. The monoisotopic (exact) mass is 340 g/mol. The van der Waals surface area contributed by atoms with Gasteiger partial charge in [-0.2, -0.15) is 0 Å². The Kier molecular flexibility index (Phi) is 6.18. The van der Waals surface area contributed by atoms with E-state index in [9.17, 15) is 4.79 Å². The van der Waals surface area contributed by atoms with Crippen LogP contribution in [0.2, 0.25) is 5.02 Å². The molecule has 0 aliphatic rings. The molecule has 0 radical (unpaired) electrons. The number of methoxy groups -OCH3 is 1. The van der Waals surface area contributed by atoms with E-state index in [1.54, 1.807) is 31.4 Å². The quantitative estimate of drug-likeness (QED) is 0.787. The molecule has 1 amide bonds. The Morgan fingerprint density at radius 3 is 2.77 bits per heavy atom. The van der Waals surface area contributed by atoms with E-state index in [1.807, 2.05) is 6.92 Å². The number of benzene rings is 1. The standard InChI is InChI=1S/C15H17ClN2O3S/c1-10-14(15(19)17-7-8-20-2)22-13(18-10)9-21-12-5-3-11(16)4-6-12/h3-6H,7-9H2,1-2H3,(H,17,19). The fourth-order valence-corrected chi connectivity index (χ4v) is 2.77. The number of aromatic nitrogens is 1. The molecule has 7 heteroatoms. The Morgan fingerprint density at radius 2 is 2.09 bits per heavy atom.